The van der Waals surface area contributed by atoms with Gasteiger partial charge in [-0.15, -0.1) is 4.98 Å². The van der Waals surface area contributed by atoms with E-state index in [4.69, 9.17) is 0 Å². The van der Waals surface area contributed by atoms with Crippen LogP contribution in [0.4, 0.5) is 0 Å². The molecule has 0 aliphatic rings. The molecule has 1 heterocycles. The molecule has 1 aromatic heterocycles. The Kier molecular flexibility index (Phi) is 0.506. The second-order valence-corrected chi connectivity index (χ2v) is 0.680. The molecule has 0 fully saturated rings. The van der Waals surface area contributed by atoms with Crippen LogP contribution in [0.5, 0.6) is 0 Å². The van der Waals surface area contributed by atoms with Crippen LogP contribution in [0.3, 0.4) is 0 Å². The third-order valence-corrected chi connectivity index (χ3v) is 0.321. The lowest BCUT2D eigenvalue weighted by atomic mass is 11.3. The lowest BCUT2D eigenvalue weighted by Crippen LogP contribution is -1.91. The summed E-state index contributed by atoms with van der Waals surface area (Å²) < 4.78 is 7.71. The predicted molar refractivity (Wildman–Crippen MR) is 15.0 cm³/mol. The van der Waals surface area contributed by atoms with Crippen molar-refractivity contribution in [2.75, 3.05) is 0 Å². The zero-order valence-corrected chi connectivity index (χ0v) is 2.75. The van der Waals surface area contributed by atoms with E-state index >= 15 is 0 Å². The maximum Gasteiger partial charge on any atom is 0.478 e. The largest absolute Gasteiger partial charge is 0.478 e. The third-order valence-electron chi connectivity index (χ3n) is 0.321. The van der Waals surface area contributed by atoms with Gasteiger partial charge in [-0.05, 0) is 0 Å². The first-order valence-corrected chi connectivity index (χ1v) is 1.29. The predicted octanol–water partition coefficient (Wildman–Crippen LogP) is -0.372. The van der Waals surface area contributed by atoms with E-state index in [2.05, 4.69) is 14.1 Å². The average molecular weight is 87.0 g/mol. The summed E-state index contributed by atoms with van der Waals surface area (Å²) in [6.07, 6.45) is 0.933. The Labute approximate surface area is 32.3 Å². The Morgan fingerprint density at radius 2 is 2.67 bits per heavy atom. The third kappa shape index (κ3) is 0.314. The lowest BCUT2D eigenvalue weighted by molar-refractivity contribution is 0.0487. The molecule has 0 bridgehead atoms. The molecule has 32 valence electrons. The lowest BCUT2D eigenvalue weighted by Gasteiger charge is -1.47. The summed E-state index contributed by atoms with van der Waals surface area (Å²) in [5, 5.41) is 0. The minimum absolute atomic E-state index is 0.699. The molecule has 1 aromatic rings. The van der Waals surface area contributed by atoms with Crippen molar-refractivity contribution in [3.63, 3.8) is 0 Å². The highest BCUT2D eigenvalue weighted by atomic mass is 17.0. The molecule has 0 saturated heterocycles. The van der Waals surface area contributed by atoms with Crippen molar-refractivity contribution in [3.8, 4) is 0 Å². The second kappa shape index (κ2) is 0.965. The first kappa shape index (κ1) is 3.14. The fraction of sp³-hybridized carbons (Fsp3) is 0. The number of nitrogens with zero attached hydrogens (tertiary/aromatic N) is 1. The van der Waals surface area contributed by atoms with Gasteiger partial charge in [0.15, 0.2) is 0 Å². The molecule has 4 nitrogen and oxygen atoms in total. The first-order valence-electron chi connectivity index (χ1n) is 1.29. The molecule has 1 rings (SSSR count). The molecular weight excluding hydrogens is 86.0 g/mol. The highest BCUT2D eigenvalue weighted by molar-refractivity contribution is 4.35. The summed E-state index contributed by atoms with van der Waals surface area (Å²) in [5.74, 6) is -0.699. The number of hydrogen-bond acceptors (Lipinski definition) is 4. The molecule has 0 aliphatic heterocycles. The van der Waals surface area contributed by atoms with Gasteiger partial charge in [-0.3, -0.25) is 4.58 Å². The van der Waals surface area contributed by atoms with Gasteiger partial charge in [0.1, 0.15) is 0 Å². The molecular formula is C2HNO3. The molecule has 0 aromatic carbocycles. The van der Waals surface area contributed by atoms with Crippen LogP contribution in [0.15, 0.2) is 20.3 Å². The van der Waals surface area contributed by atoms with Crippen molar-refractivity contribution in [3.05, 3.63) is 16.9 Å². The number of hydrogen-bond donors (Lipinski definition) is 0. The van der Waals surface area contributed by atoms with Crippen molar-refractivity contribution in [1.82, 2.24) is 4.98 Å². The van der Waals surface area contributed by atoms with Crippen molar-refractivity contribution in [2.45, 2.75) is 0 Å². The molecule has 0 aliphatic carbocycles. The van der Waals surface area contributed by atoms with Crippen LogP contribution in [0.2, 0.25) is 0 Å². The van der Waals surface area contributed by atoms with E-state index in [0.29, 0.717) is 0 Å². The van der Waals surface area contributed by atoms with Crippen molar-refractivity contribution in [2.24, 2.45) is 0 Å². The van der Waals surface area contributed by atoms with Gasteiger partial charge in [0.2, 0.25) is 6.39 Å². The fourth-order valence-electron chi connectivity index (χ4n) is 0.149. The monoisotopic (exact) mass is 87.0 g/mol. The average Bonchev–Trinajstić information content (AvgIpc) is 1.86. The molecule has 0 saturated carbocycles. The van der Waals surface area contributed by atoms with Gasteiger partial charge in [0, 0.05) is 0 Å². The van der Waals surface area contributed by atoms with Gasteiger partial charge in [-0.2, -0.15) is 0 Å². The quantitative estimate of drug-likeness (QED) is 0.405. The topological polar surface area (TPSA) is 56.2 Å². The maximum atomic E-state index is 9.70. The summed E-state index contributed by atoms with van der Waals surface area (Å²) in [6.45, 7) is 0. The summed E-state index contributed by atoms with van der Waals surface area (Å²) in [6, 6.07) is 0. The van der Waals surface area contributed by atoms with Gasteiger partial charge < -0.3 is 0 Å². The zero-order valence-electron chi connectivity index (χ0n) is 2.75. The van der Waals surface area contributed by atoms with Crippen LogP contribution in [0.25, 0.3) is 0 Å². The van der Waals surface area contributed by atoms with Crippen molar-refractivity contribution < 1.29 is 9.15 Å². The highest BCUT2D eigenvalue weighted by Crippen LogP contribution is 1.62. The molecule has 6 heavy (non-hydrogen) atoms. The van der Waals surface area contributed by atoms with E-state index in [0.717, 1.165) is 6.39 Å². The Balaban J connectivity index is 3.41. The fourth-order valence-corrected chi connectivity index (χ4v) is 0.149. The minimum atomic E-state index is -0.699. The van der Waals surface area contributed by atoms with Gasteiger partial charge in [0.05, 0.1) is 0 Å². The SMILES string of the molecule is O=c1ncoo1. The van der Waals surface area contributed by atoms with Gasteiger partial charge >= 0.3 is 5.76 Å². The smallest absolute Gasteiger partial charge is 0.272 e. The summed E-state index contributed by atoms with van der Waals surface area (Å²) >= 11 is 0. The van der Waals surface area contributed by atoms with Crippen LogP contribution in [0, 0.1) is 0 Å². The summed E-state index contributed by atoms with van der Waals surface area (Å²) in [5.41, 5.74) is 0. The van der Waals surface area contributed by atoms with Crippen LogP contribution >= 0.6 is 0 Å². The normalized spacial score (nSPS) is 8.67. The molecule has 0 atom stereocenters. The number of aromatic nitrogens is 1. The second-order valence-electron chi connectivity index (χ2n) is 0.680. The molecule has 4 heteroatoms. The summed E-state index contributed by atoms with van der Waals surface area (Å²) in [7, 11) is 0. The Hall–Kier alpha value is -1.06. The van der Waals surface area contributed by atoms with Gasteiger partial charge in [-0.1, -0.05) is 0 Å². The first-order chi connectivity index (χ1) is 2.89. The van der Waals surface area contributed by atoms with Crippen LogP contribution in [-0.2, 0) is 0 Å². The van der Waals surface area contributed by atoms with Gasteiger partial charge in [-0.25, -0.2) is 9.37 Å². The van der Waals surface area contributed by atoms with Crippen LogP contribution < -0.4 is 5.76 Å². The maximum absolute atomic E-state index is 9.70. The standard InChI is InChI=1S/C2HNO3/c4-2-3-1-5-6-2/h1H. The number of rotatable bonds is 0. The van der Waals surface area contributed by atoms with E-state index in [-0.39, 0.29) is 0 Å². The van der Waals surface area contributed by atoms with Gasteiger partial charge in [0.25, 0.3) is 0 Å². The van der Waals surface area contributed by atoms with Crippen molar-refractivity contribution >= 4 is 0 Å². The molecule has 0 radical (unpaired) electrons. The van der Waals surface area contributed by atoms with Crippen LogP contribution in [0.1, 0.15) is 0 Å². The van der Waals surface area contributed by atoms with E-state index in [1.165, 1.54) is 0 Å². The van der Waals surface area contributed by atoms with E-state index < -0.39 is 5.76 Å². The molecule has 0 spiro atoms. The van der Waals surface area contributed by atoms with E-state index in [9.17, 15) is 4.79 Å². The Bertz CT molecular complexity index is 147. The minimum Gasteiger partial charge on any atom is -0.272 e. The Morgan fingerprint density at radius 3 is 2.83 bits per heavy atom. The van der Waals surface area contributed by atoms with Crippen molar-refractivity contribution in [1.29, 1.82) is 0 Å². The molecule has 0 amide bonds. The van der Waals surface area contributed by atoms with Crippen LogP contribution in [-0.4, -0.2) is 4.98 Å². The molecule has 0 unspecified atom stereocenters. The molecule has 0 N–H and O–H groups in total. The van der Waals surface area contributed by atoms with E-state index in [1.54, 1.807) is 0 Å². The zero-order chi connectivity index (χ0) is 4.41. The Morgan fingerprint density at radius 1 is 1.83 bits per heavy atom. The van der Waals surface area contributed by atoms with E-state index in [1.807, 2.05) is 0 Å². The summed E-state index contributed by atoms with van der Waals surface area (Å²) in [4.78, 5) is 12.7. The highest BCUT2D eigenvalue weighted by Gasteiger charge is 1.79.